The number of phenols is 1. The van der Waals surface area contributed by atoms with Crippen LogP contribution in [0.15, 0.2) is 30.3 Å². The van der Waals surface area contributed by atoms with E-state index < -0.39 is 0 Å². The van der Waals surface area contributed by atoms with Crippen LogP contribution in [0.5, 0.6) is 5.75 Å². The predicted molar refractivity (Wildman–Crippen MR) is 69.5 cm³/mol. The molecule has 88 valence electrons. The Kier molecular flexibility index (Phi) is 4.56. The van der Waals surface area contributed by atoms with Gasteiger partial charge in [-0.2, -0.15) is 0 Å². The van der Waals surface area contributed by atoms with Crippen molar-refractivity contribution in [2.24, 2.45) is 5.92 Å². The molecule has 0 aliphatic heterocycles. The number of nitrogens with zero attached hydrogens (tertiary/aromatic N) is 1. The van der Waals surface area contributed by atoms with E-state index in [0.29, 0.717) is 11.7 Å². The molecular formula is C14H21NO. The van der Waals surface area contributed by atoms with E-state index in [0.717, 1.165) is 12.1 Å². The standard InChI is InChI=1S/C14H21NO/c1-5-14(11(2)10-15(3)4)12-7-6-8-13(16)9-12/h5-9,11,16H,10H2,1-4H3/b14-5+/t11-/m1/s1. The molecule has 0 aliphatic rings. The SMILES string of the molecule is C/C=C(/c1cccc(O)c1)[C@H](C)CN(C)C. The van der Waals surface area contributed by atoms with Gasteiger partial charge in [0.15, 0.2) is 0 Å². The second-order valence-electron chi connectivity index (χ2n) is 4.46. The lowest BCUT2D eigenvalue weighted by atomic mass is 9.93. The van der Waals surface area contributed by atoms with Crippen molar-refractivity contribution in [3.05, 3.63) is 35.9 Å². The van der Waals surface area contributed by atoms with Crippen LogP contribution in [-0.2, 0) is 0 Å². The van der Waals surface area contributed by atoms with Gasteiger partial charge < -0.3 is 10.0 Å². The summed E-state index contributed by atoms with van der Waals surface area (Å²) in [6.45, 7) is 5.26. The zero-order valence-electron chi connectivity index (χ0n) is 10.6. The fourth-order valence-corrected chi connectivity index (χ4v) is 2.07. The Morgan fingerprint density at radius 2 is 2.12 bits per heavy atom. The van der Waals surface area contributed by atoms with Gasteiger partial charge in [-0.1, -0.05) is 25.1 Å². The minimum Gasteiger partial charge on any atom is -0.508 e. The van der Waals surface area contributed by atoms with Crippen LogP contribution in [0, 0.1) is 5.92 Å². The highest BCUT2D eigenvalue weighted by atomic mass is 16.3. The molecule has 0 fully saturated rings. The molecule has 0 bridgehead atoms. The van der Waals surface area contributed by atoms with Crippen LogP contribution < -0.4 is 0 Å². The number of aromatic hydroxyl groups is 1. The number of rotatable bonds is 4. The molecule has 0 saturated carbocycles. The van der Waals surface area contributed by atoms with Gasteiger partial charge in [0.1, 0.15) is 5.75 Å². The van der Waals surface area contributed by atoms with Crippen molar-refractivity contribution in [1.82, 2.24) is 4.90 Å². The van der Waals surface area contributed by atoms with E-state index in [1.807, 2.05) is 25.1 Å². The van der Waals surface area contributed by atoms with Gasteiger partial charge in [-0.3, -0.25) is 0 Å². The normalized spacial score (nSPS) is 14.2. The summed E-state index contributed by atoms with van der Waals surface area (Å²) in [5.74, 6) is 0.788. The van der Waals surface area contributed by atoms with Crippen molar-refractivity contribution in [3.8, 4) is 5.75 Å². The Morgan fingerprint density at radius 3 is 2.62 bits per heavy atom. The van der Waals surface area contributed by atoms with Gasteiger partial charge in [0, 0.05) is 6.54 Å². The molecular weight excluding hydrogens is 198 g/mol. The minimum atomic E-state index is 0.328. The van der Waals surface area contributed by atoms with Crippen LogP contribution in [0.1, 0.15) is 19.4 Å². The first-order valence-corrected chi connectivity index (χ1v) is 5.65. The Bertz CT molecular complexity index is 369. The van der Waals surface area contributed by atoms with Crippen molar-refractivity contribution < 1.29 is 5.11 Å². The highest BCUT2D eigenvalue weighted by Crippen LogP contribution is 2.26. The van der Waals surface area contributed by atoms with Crippen LogP contribution in [-0.4, -0.2) is 30.6 Å². The van der Waals surface area contributed by atoms with Crippen molar-refractivity contribution in [2.75, 3.05) is 20.6 Å². The van der Waals surface area contributed by atoms with Gasteiger partial charge in [0.2, 0.25) is 0 Å². The predicted octanol–water partition coefficient (Wildman–Crippen LogP) is 2.99. The van der Waals surface area contributed by atoms with E-state index >= 15 is 0 Å². The lowest BCUT2D eigenvalue weighted by molar-refractivity contribution is 0.376. The molecule has 1 rings (SSSR count). The lowest BCUT2D eigenvalue weighted by Gasteiger charge is -2.20. The fourth-order valence-electron chi connectivity index (χ4n) is 2.07. The highest BCUT2D eigenvalue weighted by molar-refractivity contribution is 5.68. The molecule has 16 heavy (non-hydrogen) atoms. The maximum Gasteiger partial charge on any atom is 0.116 e. The Balaban J connectivity index is 2.91. The summed E-state index contributed by atoms with van der Waals surface area (Å²) in [7, 11) is 4.15. The van der Waals surface area contributed by atoms with Crippen molar-refractivity contribution >= 4 is 5.57 Å². The van der Waals surface area contributed by atoms with Crippen molar-refractivity contribution in [2.45, 2.75) is 13.8 Å². The maximum atomic E-state index is 9.48. The minimum absolute atomic E-state index is 0.328. The Labute approximate surface area is 98.2 Å². The monoisotopic (exact) mass is 219 g/mol. The molecule has 0 saturated heterocycles. The summed E-state index contributed by atoms with van der Waals surface area (Å²) in [5.41, 5.74) is 2.39. The molecule has 1 atom stereocenters. The van der Waals surface area contributed by atoms with Crippen LogP contribution in [0.25, 0.3) is 5.57 Å². The van der Waals surface area contributed by atoms with Gasteiger partial charge in [0.25, 0.3) is 0 Å². The van der Waals surface area contributed by atoms with Gasteiger partial charge in [-0.05, 0) is 50.2 Å². The number of hydrogen-bond acceptors (Lipinski definition) is 2. The summed E-state index contributed by atoms with van der Waals surface area (Å²) in [5, 5.41) is 9.48. The molecule has 0 radical (unpaired) electrons. The Hall–Kier alpha value is -1.28. The van der Waals surface area contributed by atoms with Gasteiger partial charge in [0.05, 0.1) is 0 Å². The van der Waals surface area contributed by atoms with E-state index in [1.165, 1.54) is 5.57 Å². The number of phenolic OH excluding ortho intramolecular Hbond substituents is 1. The van der Waals surface area contributed by atoms with E-state index in [9.17, 15) is 5.11 Å². The summed E-state index contributed by atoms with van der Waals surface area (Å²) >= 11 is 0. The molecule has 0 amide bonds. The smallest absolute Gasteiger partial charge is 0.116 e. The third-order valence-corrected chi connectivity index (χ3v) is 2.66. The molecule has 1 aromatic carbocycles. The molecule has 0 unspecified atom stereocenters. The molecule has 2 heteroatoms. The summed E-state index contributed by atoms with van der Waals surface area (Å²) < 4.78 is 0. The van der Waals surface area contributed by atoms with E-state index in [4.69, 9.17) is 0 Å². The third kappa shape index (κ3) is 3.38. The Morgan fingerprint density at radius 1 is 1.44 bits per heavy atom. The molecule has 0 spiro atoms. The van der Waals surface area contributed by atoms with E-state index in [-0.39, 0.29) is 0 Å². The van der Waals surface area contributed by atoms with Crippen molar-refractivity contribution in [3.63, 3.8) is 0 Å². The number of benzene rings is 1. The van der Waals surface area contributed by atoms with Gasteiger partial charge in [-0.15, -0.1) is 0 Å². The second kappa shape index (κ2) is 5.71. The molecule has 2 nitrogen and oxygen atoms in total. The molecule has 1 aromatic rings. The molecule has 0 aliphatic carbocycles. The zero-order valence-corrected chi connectivity index (χ0v) is 10.6. The summed E-state index contributed by atoms with van der Waals surface area (Å²) in [6, 6.07) is 7.45. The number of hydrogen-bond donors (Lipinski definition) is 1. The van der Waals surface area contributed by atoms with E-state index in [2.05, 4.69) is 32.0 Å². The topological polar surface area (TPSA) is 23.5 Å². The largest absolute Gasteiger partial charge is 0.508 e. The second-order valence-corrected chi connectivity index (χ2v) is 4.46. The average Bonchev–Trinajstić information content (AvgIpc) is 2.17. The third-order valence-electron chi connectivity index (χ3n) is 2.66. The van der Waals surface area contributed by atoms with Crippen LogP contribution >= 0.6 is 0 Å². The quantitative estimate of drug-likeness (QED) is 0.841. The van der Waals surface area contributed by atoms with Crippen LogP contribution in [0.2, 0.25) is 0 Å². The maximum absolute atomic E-state index is 9.48. The lowest BCUT2D eigenvalue weighted by Crippen LogP contribution is -2.20. The highest BCUT2D eigenvalue weighted by Gasteiger charge is 2.11. The van der Waals surface area contributed by atoms with E-state index in [1.54, 1.807) is 6.07 Å². The molecule has 0 aromatic heterocycles. The molecule has 0 heterocycles. The summed E-state index contributed by atoms with van der Waals surface area (Å²) in [6.07, 6.45) is 2.13. The van der Waals surface area contributed by atoms with Gasteiger partial charge >= 0.3 is 0 Å². The zero-order chi connectivity index (χ0) is 12.1. The summed E-state index contributed by atoms with van der Waals surface area (Å²) in [4.78, 5) is 2.18. The average molecular weight is 219 g/mol. The first kappa shape index (κ1) is 12.8. The molecule has 1 N–H and O–H groups in total. The van der Waals surface area contributed by atoms with Crippen molar-refractivity contribution in [1.29, 1.82) is 0 Å². The fraction of sp³-hybridized carbons (Fsp3) is 0.429. The van der Waals surface area contributed by atoms with Crippen LogP contribution in [0.4, 0.5) is 0 Å². The van der Waals surface area contributed by atoms with Crippen LogP contribution in [0.3, 0.4) is 0 Å². The first-order valence-electron chi connectivity index (χ1n) is 5.65. The van der Waals surface area contributed by atoms with Gasteiger partial charge in [-0.25, -0.2) is 0 Å². The first-order chi connectivity index (χ1) is 7.54. The number of allylic oxidation sites excluding steroid dienone is 1.